The number of aromatic nitrogens is 4. The topological polar surface area (TPSA) is 129 Å². The van der Waals surface area contributed by atoms with Crippen LogP contribution in [0.25, 0.3) is 11.0 Å². The van der Waals surface area contributed by atoms with E-state index < -0.39 is 10.0 Å². The highest BCUT2D eigenvalue weighted by Gasteiger charge is 2.25. The van der Waals surface area contributed by atoms with E-state index in [4.69, 9.17) is 9.72 Å². The van der Waals surface area contributed by atoms with E-state index in [1.807, 2.05) is 0 Å². The van der Waals surface area contributed by atoms with Crippen LogP contribution in [0.5, 0.6) is 5.75 Å². The molecule has 2 N–H and O–H groups in total. The highest BCUT2D eigenvalue weighted by molar-refractivity contribution is 9.10. The Kier molecular flexibility index (Phi) is 9.94. The molecule has 0 aliphatic carbocycles. The fourth-order valence-electron chi connectivity index (χ4n) is 5.62. The summed E-state index contributed by atoms with van der Waals surface area (Å²) in [5.41, 5.74) is 5.06. The van der Waals surface area contributed by atoms with Crippen molar-refractivity contribution < 1.29 is 13.2 Å². The second-order valence-corrected chi connectivity index (χ2v) is 14.3. The molecule has 240 valence electrons. The molecule has 0 amide bonds. The first kappa shape index (κ1) is 32.6. The molecule has 1 aliphatic heterocycles. The van der Waals surface area contributed by atoms with Gasteiger partial charge in [0.25, 0.3) is 0 Å². The summed E-state index contributed by atoms with van der Waals surface area (Å²) in [5, 5.41) is 6.64. The second-order valence-electron chi connectivity index (χ2n) is 11.1. The van der Waals surface area contributed by atoms with Gasteiger partial charge in [-0.15, -0.1) is 0 Å². The smallest absolute Gasteiger partial charge is 0.234 e. The van der Waals surface area contributed by atoms with Gasteiger partial charge >= 0.3 is 0 Å². The van der Waals surface area contributed by atoms with Crippen molar-refractivity contribution in [3.8, 4) is 5.75 Å². The Balaban J connectivity index is 1.46. The molecule has 2 aromatic heterocycles. The number of nitrogens with zero attached hydrogens (tertiary/aromatic N) is 7. The van der Waals surface area contributed by atoms with Crippen molar-refractivity contribution in [3.05, 3.63) is 52.9 Å². The van der Waals surface area contributed by atoms with Gasteiger partial charge in [-0.05, 0) is 80.0 Å². The lowest BCUT2D eigenvalue weighted by Crippen LogP contribution is -2.42. The Hall–Kier alpha value is -3.75. The lowest BCUT2D eigenvalue weighted by atomic mass is 10.0. The number of rotatable bonds is 11. The lowest BCUT2D eigenvalue weighted by molar-refractivity contribution is 0.249. The molecule has 12 nitrogen and oxygen atoms in total. The Morgan fingerprint density at radius 2 is 1.76 bits per heavy atom. The van der Waals surface area contributed by atoms with Gasteiger partial charge in [-0.2, -0.15) is 4.98 Å². The SMILES string of the molecule is CCc1cc(Nc2ncc(Br)c(Nc3ccc4nccnc4c3N(C)S(=O)(=O)CC)n2)c(OC)cc1N1CCC(N(C)C)CC1. The van der Waals surface area contributed by atoms with Gasteiger partial charge in [-0.1, -0.05) is 6.92 Å². The van der Waals surface area contributed by atoms with Crippen molar-refractivity contribution >= 4 is 71.5 Å². The summed E-state index contributed by atoms with van der Waals surface area (Å²) >= 11 is 3.55. The second kappa shape index (κ2) is 13.7. The number of anilines is 6. The monoisotopic (exact) mass is 697 g/mol. The molecular weight excluding hydrogens is 658 g/mol. The van der Waals surface area contributed by atoms with Crippen LogP contribution in [0.3, 0.4) is 0 Å². The summed E-state index contributed by atoms with van der Waals surface area (Å²) in [7, 11) is 3.88. The molecule has 1 fully saturated rings. The van der Waals surface area contributed by atoms with Crippen molar-refractivity contribution in [3.63, 3.8) is 0 Å². The Labute approximate surface area is 273 Å². The summed E-state index contributed by atoms with van der Waals surface area (Å²) in [4.78, 5) is 22.8. The number of piperidine rings is 1. The van der Waals surface area contributed by atoms with Gasteiger partial charge in [0, 0.05) is 56.5 Å². The zero-order valence-electron chi connectivity index (χ0n) is 26.5. The minimum absolute atomic E-state index is 0.0698. The van der Waals surface area contributed by atoms with Gasteiger partial charge in [0.1, 0.15) is 22.8 Å². The molecular formula is C31H40BrN9O3S. The van der Waals surface area contributed by atoms with Crippen LogP contribution in [0.4, 0.5) is 34.5 Å². The molecule has 0 atom stereocenters. The molecule has 0 radical (unpaired) electrons. The number of benzene rings is 2. The molecule has 4 aromatic rings. The van der Waals surface area contributed by atoms with Crippen molar-refractivity contribution in [1.29, 1.82) is 0 Å². The number of hydrogen-bond acceptors (Lipinski definition) is 11. The van der Waals surface area contributed by atoms with Crippen LogP contribution in [0, 0.1) is 0 Å². The number of aryl methyl sites for hydroxylation is 1. The molecule has 5 rings (SSSR count). The molecule has 1 aliphatic rings. The quantitative estimate of drug-likeness (QED) is 0.205. The van der Waals surface area contributed by atoms with E-state index in [1.165, 1.54) is 22.6 Å². The number of sulfonamides is 1. The van der Waals surface area contributed by atoms with Crippen LogP contribution < -0.4 is 24.6 Å². The van der Waals surface area contributed by atoms with Gasteiger partial charge < -0.3 is 25.2 Å². The fourth-order valence-corrected chi connectivity index (χ4v) is 6.76. The number of halogens is 1. The molecule has 0 bridgehead atoms. The predicted molar refractivity (Wildman–Crippen MR) is 185 cm³/mol. The van der Waals surface area contributed by atoms with Crippen LogP contribution in [-0.2, 0) is 16.4 Å². The van der Waals surface area contributed by atoms with Gasteiger partial charge in [0.2, 0.25) is 16.0 Å². The summed E-state index contributed by atoms with van der Waals surface area (Å²) < 4.78 is 33.5. The number of hydrogen-bond donors (Lipinski definition) is 2. The minimum Gasteiger partial charge on any atom is -0.494 e. The highest BCUT2D eigenvalue weighted by atomic mass is 79.9. The van der Waals surface area contributed by atoms with E-state index in [0.717, 1.165) is 38.0 Å². The first-order chi connectivity index (χ1) is 21.6. The van der Waals surface area contributed by atoms with Crippen LogP contribution in [0.1, 0.15) is 32.3 Å². The van der Waals surface area contributed by atoms with Crippen molar-refractivity contribution in [1.82, 2.24) is 24.8 Å². The number of ether oxygens (including phenoxy) is 1. The van der Waals surface area contributed by atoms with Crippen LogP contribution in [-0.4, -0.2) is 86.4 Å². The first-order valence-corrected chi connectivity index (χ1v) is 17.4. The third-order valence-electron chi connectivity index (χ3n) is 8.27. The predicted octanol–water partition coefficient (Wildman–Crippen LogP) is 5.56. The van der Waals surface area contributed by atoms with Crippen LogP contribution in [0.15, 0.2) is 47.3 Å². The number of nitrogens with one attached hydrogen (secondary N) is 2. The van der Waals surface area contributed by atoms with Crippen molar-refractivity contribution in [2.24, 2.45) is 0 Å². The summed E-state index contributed by atoms with van der Waals surface area (Å²) in [6.07, 6.45) is 7.85. The lowest BCUT2D eigenvalue weighted by Gasteiger charge is -2.37. The Bertz CT molecular complexity index is 1780. The minimum atomic E-state index is -3.60. The standard InChI is InChI=1S/C31H40BrN9O3S/c1-7-20-17-25(27(44-6)18-26(20)41-15-11-21(12-16-41)39(3)4)37-31-35-19-22(32)30(38-31)36-24-10-9-23-28(34-14-13-33-23)29(24)40(5)45(42,43)8-2/h9-10,13-14,17-19,21H,7-8,11-12,15-16H2,1-6H3,(H2,35,36,37,38). The van der Waals surface area contributed by atoms with Crippen LogP contribution >= 0.6 is 15.9 Å². The zero-order chi connectivity index (χ0) is 32.3. The van der Waals surface area contributed by atoms with E-state index in [1.54, 1.807) is 44.8 Å². The largest absolute Gasteiger partial charge is 0.494 e. The highest BCUT2D eigenvalue weighted by Crippen LogP contribution is 2.39. The third kappa shape index (κ3) is 6.92. The normalized spacial score (nSPS) is 14.2. The van der Waals surface area contributed by atoms with E-state index in [2.05, 4.69) is 84.5 Å². The van der Waals surface area contributed by atoms with E-state index >= 15 is 0 Å². The summed E-state index contributed by atoms with van der Waals surface area (Å²) in [6.45, 7) is 5.75. The summed E-state index contributed by atoms with van der Waals surface area (Å²) in [6, 6.07) is 8.36. The molecule has 45 heavy (non-hydrogen) atoms. The van der Waals surface area contributed by atoms with Gasteiger partial charge in [0.15, 0.2) is 0 Å². The van der Waals surface area contributed by atoms with E-state index in [-0.39, 0.29) is 5.75 Å². The maximum absolute atomic E-state index is 12.9. The Morgan fingerprint density at radius 1 is 1.02 bits per heavy atom. The van der Waals surface area contributed by atoms with Crippen molar-refractivity contribution in [2.45, 2.75) is 39.2 Å². The van der Waals surface area contributed by atoms with Gasteiger partial charge in [0.05, 0.1) is 34.2 Å². The first-order valence-electron chi connectivity index (χ1n) is 14.9. The average molecular weight is 699 g/mol. The van der Waals surface area contributed by atoms with E-state index in [9.17, 15) is 8.42 Å². The molecule has 3 heterocycles. The van der Waals surface area contributed by atoms with E-state index in [0.29, 0.717) is 50.4 Å². The maximum Gasteiger partial charge on any atom is 0.234 e. The summed E-state index contributed by atoms with van der Waals surface area (Å²) in [5.74, 6) is 1.41. The molecule has 0 spiro atoms. The van der Waals surface area contributed by atoms with Crippen LogP contribution in [0.2, 0.25) is 0 Å². The molecule has 2 aromatic carbocycles. The molecule has 0 saturated carbocycles. The van der Waals surface area contributed by atoms with Gasteiger partial charge in [-0.3, -0.25) is 14.3 Å². The number of methoxy groups -OCH3 is 1. The Morgan fingerprint density at radius 3 is 2.42 bits per heavy atom. The molecule has 0 unspecified atom stereocenters. The average Bonchev–Trinajstić information content (AvgIpc) is 3.05. The van der Waals surface area contributed by atoms with Gasteiger partial charge in [-0.25, -0.2) is 13.4 Å². The fraction of sp³-hybridized carbons (Fsp3) is 0.419. The molecule has 14 heteroatoms. The zero-order valence-corrected chi connectivity index (χ0v) is 28.9. The maximum atomic E-state index is 12.9. The number of fused-ring (bicyclic) bond motifs is 1. The third-order valence-corrected chi connectivity index (χ3v) is 10.6. The molecule has 1 saturated heterocycles. The van der Waals surface area contributed by atoms with Crippen molar-refractivity contribution in [2.75, 3.05) is 66.9 Å².